The van der Waals surface area contributed by atoms with E-state index in [1.807, 2.05) is 71.6 Å². The summed E-state index contributed by atoms with van der Waals surface area (Å²) in [5.41, 5.74) is 2.40. The van der Waals surface area contributed by atoms with Gasteiger partial charge < -0.3 is 15.3 Å². The maximum atomic E-state index is 12.6. The Labute approximate surface area is 163 Å². The van der Waals surface area contributed by atoms with E-state index in [2.05, 4.69) is 5.32 Å². The molecule has 3 aromatic rings. The van der Waals surface area contributed by atoms with E-state index in [4.69, 9.17) is 0 Å². The number of aromatic hydroxyl groups is 1. The Bertz CT molecular complexity index is 992. The molecule has 138 valence electrons. The van der Waals surface area contributed by atoms with Crippen molar-refractivity contribution in [1.29, 1.82) is 5.26 Å². The standard InChI is InChI=1S/C23H19N3O2/c24-15-19(23(28)25-20-11-13-22(27)14-12-20)17-26(21-9-5-2-6-10-21)16-18-7-3-1-4-8-18/h1-14,17,27H,16H2,(H,25,28)/b19-17-. The monoisotopic (exact) mass is 369 g/mol. The van der Waals surface area contributed by atoms with Gasteiger partial charge in [0.15, 0.2) is 0 Å². The highest BCUT2D eigenvalue weighted by molar-refractivity contribution is 6.06. The molecule has 0 aliphatic carbocycles. The predicted octanol–water partition coefficient (Wildman–Crippen LogP) is 4.44. The number of carbonyl (C=O) groups excluding carboxylic acids is 1. The molecule has 0 aliphatic heterocycles. The van der Waals surface area contributed by atoms with E-state index in [1.165, 1.54) is 12.1 Å². The van der Waals surface area contributed by atoms with Crippen LogP contribution in [0.15, 0.2) is 96.7 Å². The molecule has 5 heteroatoms. The summed E-state index contributed by atoms with van der Waals surface area (Å²) in [6, 6.07) is 27.5. The van der Waals surface area contributed by atoms with Crippen LogP contribution in [0.5, 0.6) is 5.75 Å². The van der Waals surface area contributed by atoms with E-state index >= 15 is 0 Å². The summed E-state index contributed by atoms with van der Waals surface area (Å²) in [5.74, 6) is -0.408. The summed E-state index contributed by atoms with van der Waals surface area (Å²) in [5, 5.41) is 21.6. The van der Waals surface area contributed by atoms with Crippen molar-refractivity contribution in [3.63, 3.8) is 0 Å². The van der Waals surface area contributed by atoms with Gasteiger partial charge in [-0.15, -0.1) is 0 Å². The molecular weight excluding hydrogens is 350 g/mol. The van der Waals surface area contributed by atoms with Gasteiger partial charge in [0.2, 0.25) is 0 Å². The highest BCUT2D eigenvalue weighted by Gasteiger charge is 2.13. The Morgan fingerprint density at radius 3 is 2.18 bits per heavy atom. The normalized spacial score (nSPS) is 10.8. The van der Waals surface area contributed by atoms with Crippen LogP contribution in [0.1, 0.15) is 5.56 Å². The molecule has 0 aliphatic rings. The second kappa shape index (κ2) is 9.06. The van der Waals surface area contributed by atoms with E-state index in [9.17, 15) is 15.2 Å². The van der Waals surface area contributed by atoms with Gasteiger partial charge in [-0.1, -0.05) is 48.5 Å². The number of carbonyl (C=O) groups is 1. The van der Waals surface area contributed by atoms with Crippen LogP contribution in [0, 0.1) is 11.3 Å². The summed E-state index contributed by atoms with van der Waals surface area (Å²) in [6.45, 7) is 0.516. The highest BCUT2D eigenvalue weighted by atomic mass is 16.3. The van der Waals surface area contributed by atoms with Crippen molar-refractivity contribution in [3.05, 3.63) is 102 Å². The first-order valence-corrected chi connectivity index (χ1v) is 8.73. The molecule has 0 saturated carbocycles. The molecule has 28 heavy (non-hydrogen) atoms. The van der Waals surface area contributed by atoms with Crippen LogP contribution in [-0.2, 0) is 11.3 Å². The van der Waals surface area contributed by atoms with Crippen molar-refractivity contribution < 1.29 is 9.90 Å². The molecule has 2 N–H and O–H groups in total. The maximum Gasteiger partial charge on any atom is 0.267 e. The van der Waals surface area contributed by atoms with Crippen molar-refractivity contribution in [2.45, 2.75) is 6.54 Å². The second-order valence-corrected chi connectivity index (χ2v) is 6.10. The third-order valence-electron chi connectivity index (χ3n) is 4.06. The molecule has 0 heterocycles. The summed E-state index contributed by atoms with van der Waals surface area (Å²) in [7, 11) is 0. The molecule has 0 bridgehead atoms. The van der Waals surface area contributed by atoms with Crippen LogP contribution in [0.4, 0.5) is 11.4 Å². The number of nitrogens with one attached hydrogen (secondary N) is 1. The van der Waals surface area contributed by atoms with Crippen molar-refractivity contribution in [2.24, 2.45) is 0 Å². The first-order chi connectivity index (χ1) is 13.7. The molecule has 0 spiro atoms. The quantitative estimate of drug-likeness (QED) is 0.382. The van der Waals surface area contributed by atoms with Crippen LogP contribution in [0.2, 0.25) is 0 Å². The molecule has 0 unspecified atom stereocenters. The Balaban J connectivity index is 1.87. The third kappa shape index (κ3) is 4.99. The third-order valence-corrected chi connectivity index (χ3v) is 4.06. The number of phenolic OH excluding ortho intramolecular Hbond substituents is 1. The number of amides is 1. The van der Waals surface area contributed by atoms with Crippen LogP contribution < -0.4 is 10.2 Å². The highest BCUT2D eigenvalue weighted by Crippen LogP contribution is 2.19. The molecule has 0 fully saturated rings. The lowest BCUT2D eigenvalue weighted by atomic mass is 10.2. The predicted molar refractivity (Wildman–Crippen MR) is 109 cm³/mol. The van der Waals surface area contributed by atoms with Crippen LogP contribution in [-0.4, -0.2) is 11.0 Å². The zero-order valence-corrected chi connectivity index (χ0v) is 15.1. The van der Waals surface area contributed by atoms with E-state index < -0.39 is 5.91 Å². The molecule has 3 rings (SSSR count). The van der Waals surface area contributed by atoms with Gasteiger partial charge in [-0.25, -0.2) is 0 Å². The minimum Gasteiger partial charge on any atom is -0.508 e. The number of nitriles is 1. The van der Waals surface area contributed by atoms with Gasteiger partial charge in [0.05, 0.1) is 0 Å². The number of anilines is 2. The molecule has 0 radical (unpaired) electrons. The molecule has 0 atom stereocenters. The SMILES string of the molecule is N#C/C(=C/N(Cc1ccccc1)c1ccccc1)C(=O)Nc1ccc(O)cc1. The van der Waals surface area contributed by atoms with Gasteiger partial charge >= 0.3 is 0 Å². The van der Waals surface area contributed by atoms with Gasteiger partial charge in [0.25, 0.3) is 5.91 Å². The Morgan fingerprint density at radius 1 is 0.964 bits per heavy atom. The van der Waals surface area contributed by atoms with Gasteiger partial charge in [-0.2, -0.15) is 5.26 Å². The molecule has 1 amide bonds. The van der Waals surface area contributed by atoms with Crippen LogP contribution in [0.3, 0.4) is 0 Å². The number of benzene rings is 3. The zero-order valence-electron chi connectivity index (χ0n) is 15.1. The van der Waals surface area contributed by atoms with E-state index in [1.54, 1.807) is 18.3 Å². The van der Waals surface area contributed by atoms with Gasteiger partial charge in [-0.05, 0) is 42.0 Å². The minimum atomic E-state index is -0.512. The van der Waals surface area contributed by atoms with Crippen LogP contribution >= 0.6 is 0 Å². The van der Waals surface area contributed by atoms with Crippen molar-refractivity contribution in [2.75, 3.05) is 10.2 Å². The fourth-order valence-electron chi connectivity index (χ4n) is 2.65. The largest absolute Gasteiger partial charge is 0.508 e. The van der Waals surface area contributed by atoms with E-state index in [0.29, 0.717) is 12.2 Å². The number of hydrogen-bond acceptors (Lipinski definition) is 4. The minimum absolute atomic E-state index is 0.0205. The molecule has 5 nitrogen and oxygen atoms in total. The van der Waals surface area contributed by atoms with E-state index in [-0.39, 0.29) is 11.3 Å². The molecule has 0 aromatic heterocycles. The van der Waals surface area contributed by atoms with Crippen molar-refractivity contribution >= 4 is 17.3 Å². The summed E-state index contributed by atoms with van der Waals surface area (Å²) in [6.07, 6.45) is 1.55. The van der Waals surface area contributed by atoms with Crippen molar-refractivity contribution in [1.82, 2.24) is 0 Å². The first kappa shape index (κ1) is 18.7. The topological polar surface area (TPSA) is 76.4 Å². The number of nitrogens with zero attached hydrogens (tertiary/aromatic N) is 2. The van der Waals surface area contributed by atoms with E-state index in [0.717, 1.165) is 11.3 Å². The summed E-state index contributed by atoms with van der Waals surface area (Å²) >= 11 is 0. The average molecular weight is 369 g/mol. The number of phenols is 1. The number of hydrogen-bond donors (Lipinski definition) is 2. The lowest BCUT2D eigenvalue weighted by Gasteiger charge is -2.21. The molecule has 0 saturated heterocycles. The Morgan fingerprint density at radius 2 is 1.57 bits per heavy atom. The lowest BCUT2D eigenvalue weighted by Crippen LogP contribution is -2.20. The second-order valence-electron chi connectivity index (χ2n) is 6.10. The van der Waals surface area contributed by atoms with Gasteiger partial charge in [-0.3, -0.25) is 4.79 Å². The molecule has 3 aromatic carbocycles. The number of rotatable bonds is 6. The number of para-hydroxylation sites is 1. The smallest absolute Gasteiger partial charge is 0.267 e. The Hall–Kier alpha value is -4.04. The zero-order chi connectivity index (χ0) is 19.8. The van der Waals surface area contributed by atoms with Crippen LogP contribution in [0.25, 0.3) is 0 Å². The Kier molecular flexibility index (Phi) is 6.06. The van der Waals surface area contributed by atoms with Crippen molar-refractivity contribution in [3.8, 4) is 11.8 Å². The van der Waals surface area contributed by atoms with Gasteiger partial charge in [0.1, 0.15) is 17.4 Å². The fraction of sp³-hybridized carbons (Fsp3) is 0.0435. The molecular formula is C23H19N3O2. The summed E-state index contributed by atoms with van der Waals surface area (Å²) < 4.78 is 0. The maximum absolute atomic E-state index is 12.6. The van der Waals surface area contributed by atoms with Gasteiger partial charge in [0, 0.05) is 24.1 Å². The first-order valence-electron chi connectivity index (χ1n) is 8.73. The lowest BCUT2D eigenvalue weighted by molar-refractivity contribution is -0.112. The average Bonchev–Trinajstić information content (AvgIpc) is 2.74. The fourth-order valence-corrected chi connectivity index (χ4v) is 2.65. The summed E-state index contributed by atoms with van der Waals surface area (Å²) in [4.78, 5) is 14.4.